The molecule has 1 heterocycles. The zero-order valence-electron chi connectivity index (χ0n) is 12.4. The molecule has 1 fully saturated rings. The summed E-state index contributed by atoms with van der Waals surface area (Å²) in [5.41, 5.74) is 4.13. The Morgan fingerprint density at radius 3 is 2.95 bits per heavy atom. The lowest BCUT2D eigenvalue weighted by Crippen LogP contribution is -2.37. The first-order chi connectivity index (χ1) is 9.24. The van der Waals surface area contributed by atoms with Crippen LogP contribution >= 0.6 is 0 Å². The van der Waals surface area contributed by atoms with Gasteiger partial charge in [-0.05, 0) is 49.9 Å². The van der Waals surface area contributed by atoms with E-state index in [2.05, 4.69) is 35.3 Å². The van der Waals surface area contributed by atoms with Crippen molar-refractivity contribution in [2.45, 2.75) is 26.3 Å². The van der Waals surface area contributed by atoms with Gasteiger partial charge in [-0.3, -0.25) is 0 Å². The molecule has 1 aromatic carbocycles. The van der Waals surface area contributed by atoms with Crippen molar-refractivity contribution in [3.8, 4) is 0 Å². The lowest BCUT2D eigenvalue weighted by Gasteiger charge is -2.35. The molecule has 0 amide bonds. The van der Waals surface area contributed by atoms with Gasteiger partial charge in [0.1, 0.15) is 0 Å². The molecule has 1 unspecified atom stereocenters. The smallest absolute Gasteiger partial charge is 0.0507 e. The fourth-order valence-corrected chi connectivity index (χ4v) is 3.04. The number of nitrogens with one attached hydrogen (secondary N) is 1. The highest BCUT2D eigenvalue weighted by molar-refractivity contribution is 5.54. The van der Waals surface area contributed by atoms with Crippen LogP contribution in [0, 0.1) is 12.8 Å². The zero-order chi connectivity index (χ0) is 13.7. The number of anilines is 1. The summed E-state index contributed by atoms with van der Waals surface area (Å²) in [6, 6.07) is 6.81. The Kier molecular flexibility index (Phi) is 5.23. The molecule has 0 radical (unpaired) electrons. The molecular weight excluding hydrogens is 236 g/mol. The van der Waals surface area contributed by atoms with E-state index in [-0.39, 0.29) is 0 Å². The normalized spacial score (nSPS) is 19.7. The van der Waals surface area contributed by atoms with E-state index in [1.54, 1.807) is 7.11 Å². The maximum absolute atomic E-state index is 5.31. The SMILES string of the molecule is CNCc1ccc(N2CCCC(COC)C2)c(C)c1. The number of hydrogen-bond acceptors (Lipinski definition) is 3. The lowest BCUT2D eigenvalue weighted by molar-refractivity contribution is 0.143. The molecule has 106 valence electrons. The molecule has 3 heteroatoms. The van der Waals surface area contributed by atoms with Crippen LogP contribution in [0.25, 0.3) is 0 Å². The van der Waals surface area contributed by atoms with Crippen molar-refractivity contribution in [2.75, 3.05) is 38.8 Å². The highest BCUT2D eigenvalue weighted by atomic mass is 16.5. The number of piperidine rings is 1. The van der Waals surface area contributed by atoms with Gasteiger partial charge in [-0.25, -0.2) is 0 Å². The summed E-state index contributed by atoms with van der Waals surface area (Å²) in [6.45, 7) is 6.34. The van der Waals surface area contributed by atoms with Gasteiger partial charge in [0, 0.05) is 32.4 Å². The molecule has 0 saturated carbocycles. The first kappa shape index (κ1) is 14.4. The van der Waals surface area contributed by atoms with Crippen LogP contribution in [0.15, 0.2) is 18.2 Å². The van der Waals surface area contributed by atoms with Crippen LogP contribution in [0.4, 0.5) is 5.69 Å². The van der Waals surface area contributed by atoms with Crippen molar-refractivity contribution in [1.82, 2.24) is 5.32 Å². The topological polar surface area (TPSA) is 24.5 Å². The summed E-state index contributed by atoms with van der Waals surface area (Å²) in [4.78, 5) is 2.52. The first-order valence-electron chi connectivity index (χ1n) is 7.22. The molecule has 0 aromatic heterocycles. The maximum Gasteiger partial charge on any atom is 0.0507 e. The van der Waals surface area contributed by atoms with E-state index < -0.39 is 0 Å². The number of aryl methyl sites for hydroxylation is 1. The molecule has 3 nitrogen and oxygen atoms in total. The number of hydrogen-bond donors (Lipinski definition) is 1. The Labute approximate surface area is 116 Å². The number of methoxy groups -OCH3 is 1. The quantitative estimate of drug-likeness (QED) is 0.882. The molecule has 19 heavy (non-hydrogen) atoms. The first-order valence-corrected chi connectivity index (χ1v) is 7.22. The van der Waals surface area contributed by atoms with Crippen LogP contribution in [0.5, 0.6) is 0 Å². The number of ether oxygens (including phenoxy) is 1. The third kappa shape index (κ3) is 3.71. The van der Waals surface area contributed by atoms with Crippen molar-refractivity contribution < 1.29 is 4.74 Å². The van der Waals surface area contributed by atoms with Crippen molar-refractivity contribution in [2.24, 2.45) is 5.92 Å². The second-order valence-electron chi connectivity index (χ2n) is 5.56. The van der Waals surface area contributed by atoms with Crippen LogP contribution in [0.2, 0.25) is 0 Å². The number of benzene rings is 1. The average Bonchev–Trinajstić information content (AvgIpc) is 2.40. The fourth-order valence-electron chi connectivity index (χ4n) is 3.04. The summed E-state index contributed by atoms with van der Waals surface area (Å²) >= 11 is 0. The largest absolute Gasteiger partial charge is 0.384 e. The van der Waals surface area contributed by atoms with E-state index in [1.165, 1.54) is 36.2 Å². The van der Waals surface area contributed by atoms with E-state index >= 15 is 0 Å². The van der Waals surface area contributed by atoms with Gasteiger partial charge < -0.3 is 15.0 Å². The lowest BCUT2D eigenvalue weighted by atomic mass is 9.97. The molecule has 1 aliphatic heterocycles. The number of rotatable bonds is 5. The van der Waals surface area contributed by atoms with Crippen LogP contribution in [-0.2, 0) is 11.3 Å². The van der Waals surface area contributed by atoms with Gasteiger partial charge in [-0.1, -0.05) is 12.1 Å². The van der Waals surface area contributed by atoms with Gasteiger partial charge in [-0.15, -0.1) is 0 Å². The van der Waals surface area contributed by atoms with E-state index in [1.807, 2.05) is 7.05 Å². The van der Waals surface area contributed by atoms with Gasteiger partial charge >= 0.3 is 0 Å². The molecule has 0 aliphatic carbocycles. The van der Waals surface area contributed by atoms with Crippen LogP contribution in [0.1, 0.15) is 24.0 Å². The van der Waals surface area contributed by atoms with Crippen LogP contribution in [-0.4, -0.2) is 33.9 Å². The summed E-state index contributed by atoms with van der Waals surface area (Å²) in [7, 11) is 3.79. The van der Waals surface area contributed by atoms with Gasteiger partial charge in [0.15, 0.2) is 0 Å². The Hall–Kier alpha value is -1.06. The molecule has 1 saturated heterocycles. The zero-order valence-corrected chi connectivity index (χ0v) is 12.4. The summed E-state index contributed by atoms with van der Waals surface area (Å²) in [5.74, 6) is 0.676. The Bertz CT molecular complexity index is 404. The van der Waals surface area contributed by atoms with Gasteiger partial charge in [0.25, 0.3) is 0 Å². The maximum atomic E-state index is 5.31. The molecule has 0 bridgehead atoms. The third-order valence-corrected chi connectivity index (χ3v) is 3.90. The minimum atomic E-state index is 0.676. The van der Waals surface area contributed by atoms with E-state index in [4.69, 9.17) is 4.74 Å². The fraction of sp³-hybridized carbons (Fsp3) is 0.625. The average molecular weight is 262 g/mol. The van der Waals surface area contributed by atoms with Gasteiger partial charge in [0.05, 0.1) is 6.61 Å². The monoisotopic (exact) mass is 262 g/mol. The van der Waals surface area contributed by atoms with E-state index in [0.717, 1.165) is 19.7 Å². The Morgan fingerprint density at radius 1 is 1.42 bits per heavy atom. The molecule has 1 N–H and O–H groups in total. The highest BCUT2D eigenvalue weighted by Crippen LogP contribution is 2.27. The van der Waals surface area contributed by atoms with Gasteiger partial charge in [0.2, 0.25) is 0 Å². The minimum Gasteiger partial charge on any atom is -0.384 e. The van der Waals surface area contributed by atoms with E-state index in [0.29, 0.717) is 5.92 Å². The molecule has 1 aliphatic rings. The summed E-state index contributed by atoms with van der Waals surface area (Å²) in [5, 5.41) is 3.20. The van der Waals surface area contributed by atoms with Crippen LogP contribution in [0.3, 0.4) is 0 Å². The number of nitrogens with zero attached hydrogens (tertiary/aromatic N) is 1. The van der Waals surface area contributed by atoms with Crippen molar-refractivity contribution in [3.05, 3.63) is 29.3 Å². The molecular formula is C16H26N2O. The predicted octanol–water partition coefficient (Wildman–Crippen LogP) is 2.58. The standard InChI is InChI=1S/C16H26N2O/c1-13-9-14(10-17-2)6-7-16(13)18-8-4-5-15(11-18)12-19-3/h6-7,9,15,17H,4-5,8,10-12H2,1-3H3. The Morgan fingerprint density at radius 2 is 2.26 bits per heavy atom. The van der Waals surface area contributed by atoms with Crippen molar-refractivity contribution in [1.29, 1.82) is 0 Å². The predicted molar refractivity (Wildman–Crippen MR) is 80.8 cm³/mol. The van der Waals surface area contributed by atoms with Crippen molar-refractivity contribution >= 4 is 5.69 Å². The van der Waals surface area contributed by atoms with E-state index in [9.17, 15) is 0 Å². The second kappa shape index (κ2) is 6.92. The Balaban J connectivity index is 2.08. The molecule has 1 atom stereocenters. The summed E-state index contributed by atoms with van der Waals surface area (Å²) < 4.78 is 5.31. The minimum absolute atomic E-state index is 0.676. The highest BCUT2D eigenvalue weighted by Gasteiger charge is 2.20. The van der Waals surface area contributed by atoms with Crippen LogP contribution < -0.4 is 10.2 Å². The van der Waals surface area contributed by atoms with Crippen molar-refractivity contribution in [3.63, 3.8) is 0 Å². The van der Waals surface area contributed by atoms with Gasteiger partial charge in [-0.2, -0.15) is 0 Å². The third-order valence-electron chi connectivity index (χ3n) is 3.90. The molecule has 1 aromatic rings. The molecule has 2 rings (SSSR count). The molecule has 0 spiro atoms. The second-order valence-corrected chi connectivity index (χ2v) is 5.56. The summed E-state index contributed by atoms with van der Waals surface area (Å²) in [6.07, 6.45) is 2.56.